The van der Waals surface area contributed by atoms with Crippen molar-refractivity contribution in [1.29, 1.82) is 5.26 Å². The monoisotopic (exact) mass is 321 g/mol. The molecule has 1 heterocycles. The van der Waals surface area contributed by atoms with Crippen LogP contribution in [0, 0.1) is 11.3 Å². The zero-order chi connectivity index (χ0) is 16.9. The molecule has 1 N–H and O–H groups in total. The van der Waals surface area contributed by atoms with E-state index in [4.69, 9.17) is 14.7 Å². The van der Waals surface area contributed by atoms with Gasteiger partial charge in [0, 0.05) is 6.61 Å². The summed E-state index contributed by atoms with van der Waals surface area (Å²) in [6.07, 6.45) is -0.890. The molecule has 6 nitrogen and oxygen atoms in total. The Bertz CT molecular complexity index is 839. The van der Waals surface area contributed by atoms with E-state index in [9.17, 15) is 4.79 Å². The summed E-state index contributed by atoms with van der Waals surface area (Å²) in [5.74, 6) is 0.203. The number of hydrazone groups is 1. The van der Waals surface area contributed by atoms with Crippen LogP contribution in [0.3, 0.4) is 0 Å². The van der Waals surface area contributed by atoms with Crippen molar-refractivity contribution in [2.24, 2.45) is 5.10 Å². The van der Waals surface area contributed by atoms with Crippen molar-refractivity contribution in [1.82, 2.24) is 0 Å². The molecule has 6 heteroatoms. The van der Waals surface area contributed by atoms with E-state index in [1.807, 2.05) is 6.92 Å². The van der Waals surface area contributed by atoms with Crippen LogP contribution < -0.4 is 10.2 Å². The average molecular weight is 321 g/mol. The fourth-order valence-electron chi connectivity index (χ4n) is 2.34. The molecule has 0 aromatic heterocycles. The third-order valence-corrected chi connectivity index (χ3v) is 3.48. The second-order valence-corrected chi connectivity index (χ2v) is 5.00. The van der Waals surface area contributed by atoms with E-state index in [0.29, 0.717) is 29.2 Å². The quantitative estimate of drug-likeness (QED) is 0.875. The first-order valence-corrected chi connectivity index (χ1v) is 7.49. The lowest BCUT2D eigenvalue weighted by atomic mass is 10.0. The van der Waals surface area contributed by atoms with Crippen molar-refractivity contribution >= 4 is 17.2 Å². The first-order valence-electron chi connectivity index (χ1n) is 7.49. The maximum atomic E-state index is 12.7. The molecule has 0 saturated heterocycles. The van der Waals surface area contributed by atoms with Gasteiger partial charge in [-0.2, -0.15) is 10.4 Å². The summed E-state index contributed by atoms with van der Waals surface area (Å²) in [7, 11) is 0. The SMILES string of the molecule is CCO[C@@H]1Oc2ccccc2C(=O)/C1=N\Nc1ccccc1C#N. The molecule has 120 valence electrons. The van der Waals surface area contributed by atoms with E-state index in [1.54, 1.807) is 48.5 Å². The number of carbonyl (C=O) groups excluding carboxylic acids is 1. The van der Waals surface area contributed by atoms with Crippen LogP contribution in [0.25, 0.3) is 0 Å². The van der Waals surface area contributed by atoms with Crippen LogP contribution in [0.2, 0.25) is 0 Å². The zero-order valence-corrected chi connectivity index (χ0v) is 13.0. The molecule has 0 saturated carbocycles. The van der Waals surface area contributed by atoms with Crippen molar-refractivity contribution in [3.63, 3.8) is 0 Å². The number of ketones is 1. The van der Waals surface area contributed by atoms with Gasteiger partial charge in [-0.15, -0.1) is 0 Å². The Morgan fingerprint density at radius 2 is 2.00 bits per heavy atom. The molecule has 0 fully saturated rings. The minimum absolute atomic E-state index is 0.114. The van der Waals surface area contributed by atoms with E-state index in [0.717, 1.165) is 0 Å². The standard InChI is InChI=1S/C18H15N3O3/c1-2-23-18-16(17(22)13-8-4-6-10-15(13)24-18)21-20-14-9-5-3-7-12(14)11-19/h3-10,18,20H,2H2,1H3/b21-16+/t18-/m1/s1. The lowest BCUT2D eigenvalue weighted by Gasteiger charge is -2.25. The van der Waals surface area contributed by atoms with Gasteiger partial charge in [-0.25, -0.2) is 0 Å². The Morgan fingerprint density at radius 3 is 2.79 bits per heavy atom. The number of nitriles is 1. The van der Waals surface area contributed by atoms with Gasteiger partial charge in [-0.3, -0.25) is 10.2 Å². The van der Waals surface area contributed by atoms with Gasteiger partial charge in [0.15, 0.2) is 5.71 Å². The van der Waals surface area contributed by atoms with Crippen molar-refractivity contribution in [2.75, 3.05) is 12.0 Å². The number of benzene rings is 2. The molecule has 2 aromatic carbocycles. The van der Waals surface area contributed by atoms with Crippen molar-refractivity contribution in [3.05, 3.63) is 59.7 Å². The molecular weight excluding hydrogens is 306 g/mol. The Kier molecular flexibility index (Phi) is 4.54. The summed E-state index contributed by atoms with van der Waals surface area (Å²) < 4.78 is 11.2. The van der Waals surface area contributed by atoms with E-state index >= 15 is 0 Å². The largest absolute Gasteiger partial charge is 0.458 e. The predicted octanol–water partition coefficient (Wildman–Crippen LogP) is 2.96. The summed E-state index contributed by atoms with van der Waals surface area (Å²) in [4.78, 5) is 12.7. The first-order chi connectivity index (χ1) is 11.7. The lowest BCUT2D eigenvalue weighted by molar-refractivity contribution is -0.0286. The fraction of sp³-hybridized carbons (Fsp3) is 0.167. The van der Waals surface area contributed by atoms with Crippen molar-refractivity contribution < 1.29 is 14.3 Å². The Balaban J connectivity index is 1.95. The number of fused-ring (bicyclic) bond motifs is 1. The van der Waals surface area contributed by atoms with Crippen LogP contribution in [0.4, 0.5) is 5.69 Å². The van der Waals surface area contributed by atoms with Crippen molar-refractivity contribution in [2.45, 2.75) is 13.2 Å². The number of Topliss-reactive ketones (excluding diaryl/α,β-unsaturated/α-hetero) is 1. The number of anilines is 1. The second-order valence-electron chi connectivity index (χ2n) is 5.00. The maximum absolute atomic E-state index is 12.7. The van der Waals surface area contributed by atoms with Gasteiger partial charge >= 0.3 is 0 Å². The number of para-hydroxylation sites is 2. The molecule has 1 aliphatic heterocycles. The normalized spacial score (nSPS) is 17.8. The molecule has 0 unspecified atom stereocenters. The molecule has 1 atom stereocenters. The number of nitrogens with one attached hydrogen (secondary N) is 1. The van der Waals surface area contributed by atoms with E-state index in [2.05, 4.69) is 16.6 Å². The molecule has 0 aliphatic carbocycles. The molecule has 0 spiro atoms. The molecule has 2 aromatic rings. The number of ether oxygens (including phenoxy) is 2. The van der Waals surface area contributed by atoms with E-state index < -0.39 is 6.29 Å². The van der Waals surface area contributed by atoms with Crippen LogP contribution in [-0.2, 0) is 4.74 Å². The summed E-state index contributed by atoms with van der Waals surface area (Å²) in [5.41, 5.74) is 4.25. The number of carbonyl (C=O) groups is 1. The van der Waals surface area contributed by atoms with Crippen molar-refractivity contribution in [3.8, 4) is 11.8 Å². The number of hydrogen-bond acceptors (Lipinski definition) is 6. The van der Waals surface area contributed by atoms with Gasteiger partial charge in [0.2, 0.25) is 12.1 Å². The Morgan fingerprint density at radius 1 is 1.25 bits per heavy atom. The number of nitrogens with zero attached hydrogens (tertiary/aromatic N) is 2. The summed E-state index contributed by atoms with van der Waals surface area (Å²) >= 11 is 0. The molecule has 24 heavy (non-hydrogen) atoms. The lowest BCUT2D eigenvalue weighted by Crippen LogP contribution is -2.40. The smallest absolute Gasteiger partial charge is 0.249 e. The van der Waals surface area contributed by atoms with Crippen LogP contribution in [0.1, 0.15) is 22.8 Å². The molecule has 1 aliphatic rings. The van der Waals surface area contributed by atoms with Gasteiger partial charge in [0.1, 0.15) is 11.8 Å². The Hall–Kier alpha value is -3.17. The minimum Gasteiger partial charge on any atom is -0.458 e. The minimum atomic E-state index is -0.890. The van der Waals surface area contributed by atoms with Gasteiger partial charge in [-0.05, 0) is 31.2 Å². The molecule has 3 rings (SSSR count). The topological polar surface area (TPSA) is 83.7 Å². The number of rotatable bonds is 4. The zero-order valence-electron chi connectivity index (χ0n) is 13.0. The molecule has 0 bridgehead atoms. The highest BCUT2D eigenvalue weighted by Crippen LogP contribution is 2.27. The summed E-state index contributed by atoms with van der Waals surface area (Å²) in [6, 6.07) is 15.9. The summed E-state index contributed by atoms with van der Waals surface area (Å²) in [5, 5.41) is 13.3. The fourth-order valence-corrected chi connectivity index (χ4v) is 2.34. The Labute approximate surface area is 139 Å². The highest BCUT2D eigenvalue weighted by atomic mass is 16.7. The van der Waals surface area contributed by atoms with E-state index in [-0.39, 0.29) is 11.5 Å². The number of hydrogen-bond donors (Lipinski definition) is 1. The van der Waals surface area contributed by atoms with Crippen LogP contribution in [0.15, 0.2) is 53.6 Å². The first kappa shape index (κ1) is 15.7. The van der Waals surface area contributed by atoms with Crippen LogP contribution in [0.5, 0.6) is 5.75 Å². The van der Waals surface area contributed by atoms with Gasteiger partial charge in [-0.1, -0.05) is 24.3 Å². The van der Waals surface area contributed by atoms with E-state index in [1.165, 1.54) is 0 Å². The highest BCUT2D eigenvalue weighted by Gasteiger charge is 2.34. The van der Waals surface area contributed by atoms with Gasteiger partial charge in [0.05, 0.1) is 16.8 Å². The third-order valence-electron chi connectivity index (χ3n) is 3.48. The summed E-state index contributed by atoms with van der Waals surface area (Å²) in [6.45, 7) is 2.18. The maximum Gasteiger partial charge on any atom is 0.249 e. The second kappa shape index (κ2) is 6.94. The van der Waals surface area contributed by atoms with Crippen LogP contribution >= 0.6 is 0 Å². The molecule has 0 radical (unpaired) electrons. The van der Waals surface area contributed by atoms with Gasteiger partial charge < -0.3 is 9.47 Å². The van der Waals surface area contributed by atoms with Crippen LogP contribution in [-0.4, -0.2) is 24.4 Å². The third kappa shape index (κ3) is 2.98. The molecular formula is C18H15N3O3. The average Bonchev–Trinajstić information content (AvgIpc) is 2.62. The van der Waals surface area contributed by atoms with Gasteiger partial charge in [0.25, 0.3) is 0 Å². The predicted molar refractivity (Wildman–Crippen MR) is 89.0 cm³/mol. The molecule has 0 amide bonds. The highest BCUT2D eigenvalue weighted by molar-refractivity contribution is 6.48.